The Labute approximate surface area is 87.9 Å². The molecule has 3 atom stereocenters. The van der Waals surface area contributed by atoms with E-state index in [-0.39, 0.29) is 5.92 Å². The largest absolute Gasteiger partial charge is 0.388 e. The van der Waals surface area contributed by atoms with Crippen LogP contribution in [0, 0.1) is 17.8 Å². The van der Waals surface area contributed by atoms with Gasteiger partial charge in [-0.1, -0.05) is 33.6 Å². The van der Waals surface area contributed by atoms with Crippen molar-refractivity contribution >= 4 is 0 Å². The average molecular weight is 199 g/mol. The smallest absolute Gasteiger partial charge is 0.0820 e. The van der Waals surface area contributed by atoms with Crippen molar-refractivity contribution in [2.45, 2.75) is 52.1 Å². The van der Waals surface area contributed by atoms with Crippen LogP contribution in [0.1, 0.15) is 46.5 Å². The van der Waals surface area contributed by atoms with Crippen molar-refractivity contribution in [3.8, 4) is 0 Å². The quantitative estimate of drug-likeness (QED) is 0.731. The third-order valence-electron chi connectivity index (χ3n) is 3.97. The molecule has 0 saturated heterocycles. The molecule has 1 saturated carbocycles. The summed E-state index contributed by atoms with van der Waals surface area (Å²) in [5.74, 6) is 1.43. The molecule has 1 aliphatic rings. The van der Waals surface area contributed by atoms with Crippen LogP contribution in [0.25, 0.3) is 0 Å². The molecule has 0 bridgehead atoms. The Morgan fingerprint density at radius 2 is 2.07 bits per heavy atom. The minimum absolute atomic E-state index is 0.266. The SMILES string of the molecule is CC1CCCC(C(O)(CN)C(C)C)C1. The topological polar surface area (TPSA) is 46.2 Å². The maximum absolute atomic E-state index is 10.5. The van der Waals surface area contributed by atoms with E-state index in [2.05, 4.69) is 20.8 Å². The summed E-state index contributed by atoms with van der Waals surface area (Å²) in [6.07, 6.45) is 4.86. The van der Waals surface area contributed by atoms with Gasteiger partial charge in [-0.15, -0.1) is 0 Å². The number of hydrogen-bond donors (Lipinski definition) is 2. The van der Waals surface area contributed by atoms with E-state index < -0.39 is 5.60 Å². The normalized spacial score (nSPS) is 33.0. The number of nitrogens with two attached hydrogens (primary N) is 1. The lowest BCUT2D eigenvalue weighted by molar-refractivity contribution is -0.0684. The zero-order valence-electron chi connectivity index (χ0n) is 9.79. The van der Waals surface area contributed by atoms with E-state index in [0.717, 1.165) is 18.8 Å². The molecule has 14 heavy (non-hydrogen) atoms. The fourth-order valence-corrected chi connectivity index (χ4v) is 2.76. The monoisotopic (exact) mass is 199 g/mol. The molecule has 0 aliphatic heterocycles. The molecule has 0 heterocycles. The molecule has 0 spiro atoms. The van der Waals surface area contributed by atoms with Crippen LogP contribution in [0.4, 0.5) is 0 Å². The van der Waals surface area contributed by atoms with Crippen LogP contribution in [-0.2, 0) is 0 Å². The van der Waals surface area contributed by atoms with Gasteiger partial charge in [0.25, 0.3) is 0 Å². The van der Waals surface area contributed by atoms with E-state index in [4.69, 9.17) is 5.73 Å². The lowest BCUT2D eigenvalue weighted by Gasteiger charge is -2.42. The molecule has 2 nitrogen and oxygen atoms in total. The van der Waals surface area contributed by atoms with Gasteiger partial charge in [-0.2, -0.15) is 0 Å². The Hall–Kier alpha value is -0.0800. The van der Waals surface area contributed by atoms with Crippen LogP contribution in [0.5, 0.6) is 0 Å². The Balaban J connectivity index is 2.68. The van der Waals surface area contributed by atoms with Crippen LogP contribution in [0.2, 0.25) is 0 Å². The van der Waals surface area contributed by atoms with E-state index in [1.807, 2.05) is 0 Å². The summed E-state index contributed by atoms with van der Waals surface area (Å²) in [6, 6.07) is 0. The van der Waals surface area contributed by atoms with Crippen LogP contribution >= 0.6 is 0 Å². The molecule has 1 aliphatic carbocycles. The standard InChI is InChI=1S/C12H25NO/c1-9(2)12(14,8-13)11-6-4-5-10(3)7-11/h9-11,14H,4-8,13H2,1-3H3. The molecule has 0 aromatic carbocycles. The summed E-state index contributed by atoms with van der Waals surface area (Å²) in [4.78, 5) is 0. The van der Waals surface area contributed by atoms with Crippen LogP contribution < -0.4 is 5.73 Å². The first-order valence-corrected chi connectivity index (χ1v) is 5.93. The minimum Gasteiger partial charge on any atom is -0.388 e. The Kier molecular flexibility index (Phi) is 3.96. The van der Waals surface area contributed by atoms with Gasteiger partial charge in [-0.25, -0.2) is 0 Å². The number of hydrogen-bond acceptors (Lipinski definition) is 2. The van der Waals surface area contributed by atoms with E-state index in [9.17, 15) is 5.11 Å². The fourth-order valence-electron chi connectivity index (χ4n) is 2.76. The molecule has 0 radical (unpaired) electrons. The van der Waals surface area contributed by atoms with Gasteiger partial charge in [0, 0.05) is 6.54 Å². The Morgan fingerprint density at radius 3 is 2.50 bits per heavy atom. The summed E-state index contributed by atoms with van der Waals surface area (Å²) in [5.41, 5.74) is 5.10. The van der Waals surface area contributed by atoms with Gasteiger partial charge in [0.1, 0.15) is 0 Å². The molecule has 1 fully saturated rings. The first-order valence-electron chi connectivity index (χ1n) is 5.93. The van der Waals surface area contributed by atoms with Crippen LogP contribution in [-0.4, -0.2) is 17.3 Å². The van der Waals surface area contributed by atoms with Crippen molar-refractivity contribution in [2.24, 2.45) is 23.5 Å². The first-order chi connectivity index (χ1) is 6.50. The summed E-state index contributed by atoms with van der Waals surface area (Å²) in [5, 5.41) is 10.5. The number of aliphatic hydroxyl groups is 1. The summed E-state index contributed by atoms with van der Waals surface area (Å²) in [6.45, 7) is 6.84. The molecule has 0 amide bonds. The highest BCUT2D eigenvalue weighted by atomic mass is 16.3. The summed E-state index contributed by atoms with van der Waals surface area (Å²) >= 11 is 0. The van der Waals surface area contributed by atoms with Crippen molar-refractivity contribution in [1.29, 1.82) is 0 Å². The van der Waals surface area contributed by atoms with Crippen molar-refractivity contribution in [2.75, 3.05) is 6.54 Å². The van der Waals surface area contributed by atoms with E-state index >= 15 is 0 Å². The Morgan fingerprint density at radius 1 is 1.43 bits per heavy atom. The van der Waals surface area contributed by atoms with E-state index in [1.54, 1.807) is 0 Å². The first kappa shape index (κ1) is 12.0. The van der Waals surface area contributed by atoms with Crippen molar-refractivity contribution in [1.82, 2.24) is 0 Å². The molecule has 0 aromatic rings. The zero-order chi connectivity index (χ0) is 10.8. The zero-order valence-corrected chi connectivity index (χ0v) is 9.79. The van der Waals surface area contributed by atoms with Gasteiger partial charge in [0.2, 0.25) is 0 Å². The predicted molar refractivity (Wildman–Crippen MR) is 60.0 cm³/mol. The van der Waals surface area contributed by atoms with E-state index in [0.29, 0.717) is 12.5 Å². The van der Waals surface area contributed by atoms with Gasteiger partial charge in [-0.3, -0.25) is 0 Å². The van der Waals surface area contributed by atoms with Crippen LogP contribution in [0.3, 0.4) is 0 Å². The third-order valence-corrected chi connectivity index (χ3v) is 3.97. The maximum Gasteiger partial charge on any atom is 0.0820 e. The van der Waals surface area contributed by atoms with Crippen molar-refractivity contribution < 1.29 is 5.11 Å². The van der Waals surface area contributed by atoms with Gasteiger partial charge in [0.15, 0.2) is 0 Å². The third kappa shape index (κ3) is 2.29. The average Bonchev–Trinajstić information content (AvgIpc) is 2.16. The second kappa shape index (κ2) is 4.63. The van der Waals surface area contributed by atoms with Crippen LogP contribution in [0.15, 0.2) is 0 Å². The molecule has 84 valence electrons. The highest BCUT2D eigenvalue weighted by Crippen LogP contribution is 2.38. The molecule has 3 unspecified atom stereocenters. The fraction of sp³-hybridized carbons (Fsp3) is 1.00. The minimum atomic E-state index is -0.630. The second-order valence-electron chi connectivity index (χ2n) is 5.32. The predicted octanol–water partition coefficient (Wildman–Crippen LogP) is 2.16. The van der Waals surface area contributed by atoms with Gasteiger partial charge in [-0.05, 0) is 30.6 Å². The molecule has 2 heteroatoms. The molecule has 3 N–H and O–H groups in total. The van der Waals surface area contributed by atoms with Gasteiger partial charge in [0.05, 0.1) is 5.60 Å². The lowest BCUT2D eigenvalue weighted by Crippen LogP contribution is -2.50. The highest BCUT2D eigenvalue weighted by Gasteiger charge is 2.39. The molecular formula is C12H25NO. The molecule has 0 aromatic heterocycles. The van der Waals surface area contributed by atoms with Gasteiger partial charge < -0.3 is 10.8 Å². The second-order valence-corrected chi connectivity index (χ2v) is 5.32. The van der Waals surface area contributed by atoms with E-state index in [1.165, 1.54) is 12.8 Å². The maximum atomic E-state index is 10.5. The molecular weight excluding hydrogens is 174 g/mol. The van der Waals surface area contributed by atoms with Gasteiger partial charge >= 0.3 is 0 Å². The summed E-state index contributed by atoms with van der Waals surface area (Å²) < 4.78 is 0. The number of rotatable bonds is 3. The Bertz CT molecular complexity index is 181. The van der Waals surface area contributed by atoms with Crippen molar-refractivity contribution in [3.63, 3.8) is 0 Å². The van der Waals surface area contributed by atoms with Crippen molar-refractivity contribution in [3.05, 3.63) is 0 Å². The highest BCUT2D eigenvalue weighted by molar-refractivity contribution is 4.92. The lowest BCUT2D eigenvalue weighted by atomic mass is 9.69. The molecule has 1 rings (SSSR count). The summed E-state index contributed by atoms with van der Waals surface area (Å²) in [7, 11) is 0.